The van der Waals surface area contributed by atoms with Gasteiger partial charge >= 0.3 is 0 Å². The third-order valence-corrected chi connectivity index (χ3v) is 2.86. The molecule has 4 nitrogen and oxygen atoms in total. The highest BCUT2D eigenvalue weighted by Crippen LogP contribution is 2.17. The van der Waals surface area contributed by atoms with Crippen molar-refractivity contribution in [2.24, 2.45) is 9.98 Å². The van der Waals surface area contributed by atoms with E-state index < -0.39 is 0 Å². The van der Waals surface area contributed by atoms with Gasteiger partial charge in [0.05, 0.1) is 5.69 Å². The molecule has 0 saturated carbocycles. The maximum absolute atomic E-state index is 4.44. The Balaban J connectivity index is 2.18. The van der Waals surface area contributed by atoms with Gasteiger partial charge < -0.3 is 10.2 Å². The van der Waals surface area contributed by atoms with Crippen molar-refractivity contribution in [3.05, 3.63) is 16.8 Å². The van der Waals surface area contributed by atoms with Crippen LogP contribution in [0.3, 0.4) is 0 Å². The van der Waals surface area contributed by atoms with Gasteiger partial charge in [-0.1, -0.05) is 0 Å². The second-order valence-electron chi connectivity index (χ2n) is 3.46. The summed E-state index contributed by atoms with van der Waals surface area (Å²) in [6.07, 6.45) is 0.00216. The van der Waals surface area contributed by atoms with Crippen molar-refractivity contribution in [1.29, 1.82) is 0 Å². The summed E-state index contributed by atoms with van der Waals surface area (Å²) in [5.74, 6) is 1.77. The Morgan fingerprint density at radius 3 is 2.87 bits per heavy atom. The summed E-state index contributed by atoms with van der Waals surface area (Å²) >= 11 is 1.68. The summed E-state index contributed by atoms with van der Waals surface area (Å²) < 4.78 is 0. The van der Waals surface area contributed by atoms with E-state index >= 15 is 0 Å². The Hall–Kier alpha value is -1.36. The number of anilines is 1. The number of aliphatic imine (C=N–C) groups is 2. The van der Waals surface area contributed by atoms with Gasteiger partial charge in [0.1, 0.15) is 12.0 Å². The van der Waals surface area contributed by atoms with Crippen molar-refractivity contribution in [1.82, 2.24) is 5.32 Å². The summed E-state index contributed by atoms with van der Waals surface area (Å²) in [7, 11) is 2.00. The first-order valence-corrected chi connectivity index (χ1v) is 5.76. The Kier molecular flexibility index (Phi) is 2.73. The quantitative estimate of drug-likeness (QED) is 0.788. The molecular formula is C10H14N4S. The molecule has 1 atom stereocenters. The SMILES string of the molecule is CC1=NC(C)N=C(N(C)c2ccsc2)N1. The number of guanidine groups is 1. The van der Waals surface area contributed by atoms with Gasteiger partial charge in [-0.05, 0) is 25.3 Å². The summed E-state index contributed by atoms with van der Waals surface area (Å²) in [6.45, 7) is 3.93. The van der Waals surface area contributed by atoms with Crippen LogP contribution >= 0.6 is 11.3 Å². The summed E-state index contributed by atoms with van der Waals surface area (Å²) in [5.41, 5.74) is 1.15. The van der Waals surface area contributed by atoms with Crippen molar-refractivity contribution in [3.8, 4) is 0 Å². The lowest BCUT2D eigenvalue weighted by Crippen LogP contribution is -2.44. The summed E-state index contributed by atoms with van der Waals surface area (Å²) in [5, 5.41) is 7.31. The van der Waals surface area contributed by atoms with Crippen LogP contribution in [-0.4, -0.2) is 25.0 Å². The van der Waals surface area contributed by atoms with E-state index in [4.69, 9.17) is 0 Å². The first kappa shape index (κ1) is 10.2. The minimum atomic E-state index is 0.00216. The predicted molar refractivity (Wildman–Crippen MR) is 65.9 cm³/mol. The lowest BCUT2D eigenvalue weighted by Gasteiger charge is -2.24. The Morgan fingerprint density at radius 1 is 1.47 bits per heavy atom. The van der Waals surface area contributed by atoms with Crippen molar-refractivity contribution in [3.63, 3.8) is 0 Å². The largest absolute Gasteiger partial charge is 0.315 e. The summed E-state index contributed by atoms with van der Waals surface area (Å²) in [4.78, 5) is 10.8. The van der Waals surface area contributed by atoms with Gasteiger partial charge in [-0.15, -0.1) is 0 Å². The fourth-order valence-corrected chi connectivity index (χ4v) is 2.13. The lowest BCUT2D eigenvalue weighted by atomic mass is 10.4. The molecule has 0 fully saturated rings. The monoisotopic (exact) mass is 222 g/mol. The van der Waals surface area contributed by atoms with Crippen molar-refractivity contribution in [2.75, 3.05) is 11.9 Å². The average molecular weight is 222 g/mol. The van der Waals surface area contributed by atoms with Crippen LogP contribution < -0.4 is 10.2 Å². The molecule has 0 bridgehead atoms. The number of nitrogens with zero attached hydrogens (tertiary/aromatic N) is 3. The minimum absolute atomic E-state index is 0.00216. The fraction of sp³-hybridized carbons (Fsp3) is 0.400. The van der Waals surface area contributed by atoms with Crippen LogP contribution in [0.25, 0.3) is 0 Å². The molecule has 2 heterocycles. The van der Waals surface area contributed by atoms with Crippen LogP contribution in [0.1, 0.15) is 13.8 Å². The topological polar surface area (TPSA) is 40.0 Å². The van der Waals surface area contributed by atoms with Crippen LogP contribution in [0, 0.1) is 0 Å². The highest BCUT2D eigenvalue weighted by Gasteiger charge is 2.15. The van der Waals surface area contributed by atoms with E-state index in [0.717, 1.165) is 17.5 Å². The zero-order chi connectivity index (χ0) is 10.8. The molecule has 15 heavy (non-hydrogen) atoms. The Bertz CT molecular complexity index is 394. The predicted octanol–water partition coefficient (Wildman–Crippen LogP) is 1.91. The van der Waals surface area contributed by atoms with Gasteiger partial charge in [0.15, 0.2) is 0 Å². The molecular weight excluding hydrogens is 208 g/mol. The Morgan fingerprint density at radius 2 is 2.27 bits per heavy atom. The Labute approximate surface area is 93.4 Å². The van der Waals surface area contributed by atoms with Crippen molar-refractivity contribution >= 4 is 28.8 Å². The van der Waals surface area contributed by atoms with Crippen LogP contribution in [0.5, 0.6) is 0 Å². The lowest BCUT2D eigenvalue weighted by molar-refractivity contribution is 0.762. The zero-order valence-corrected chi connectivity index (χ0v) is 9.88. The molecule has 80 valence electrons. The molecule has 1 aromatic heterocycles. The van der Waals surface area contributed by atoms with Gasteiger partial charge in [-0.3, -0.25) is 0 Å². The molecule has 5 heteroatoms. The molecule has 1 unspecified atom stereocenters. The van der Waals surface area contributed by atoms with Crippen LogP contribution in [0.2, 0.25) is 0 Å². The number of hydrogen-bond acceptors (Lipinski definition) is 5. The van der Waals surface area contributed by atoms with E-state index in [1.54, 1.807) is 11.3 Å². The number of thiophene rings is 1. The van der Waals surface area contributed by atoms with E-state index in [1.165, 1.54) is 0 Å². The van der Waals surface area contributed by atoms with Gasteiger partial charge in [0.2, 0.25) is 5.96 Å². The molecule has 0 aliphatic carbocycles. The van der Waals surface area contributed by atoms with Crippen molar-refractivity contribution in [2.45, 2.75) is 20.0 Å². The van der Waals surface area contributed by atoms with Gasteiger partial charge in [0.25, 0.3) is 0 Å². The molecule has 0 spiro atoms. The van der Waals surface area contributed by atoms with Gasteiger partial charge in [0, 0.05) is 12.4 Å². The second-order valence-corrected chi connectivity index (χ2v) is 4.24. The second kappa shape index (κ2) is 4.02. The maximum Gasteiger partial charge on any atom is 0.205 e. The maximum atomic E-state index is 4.44. The van der Waals surface area contributed by atoms with E-state index in [2.05, 4.69) is 32.1 Å². The molecule has 1 aromatic rings. The van der Waals surface area contributed by atoms with E-state index in [9.17, 15) is 0 Å². The first-order chi connectivity index (χ1) is 7.16. The number of rotatable bonds is 1. The number of hydrogen-bond donors (Lipinski definition) is 1. The molecule has 0 saturated heterocycles. The molecule has 1 aliphatic rings. The van der Waals surface area contributed by atoms with Crippen LogP contribution in [0.15, 0.2) is 26.8 Å². The van der Waals surface area contributed by atoms with Gasteiger partial charge in [-0.25, -0.2) is 9.98 Å². The average Bonchev–Trinajstić information content (AvgIpc) is 2.67. The summed E-state index contributed by atoms with van der Waals surface area (Å²) in [6, 6.07) is 2.07. The fourth-order valence-electron chi connectivity index (χ4n) is 1.45. The standard InChI is InChI=1S/C10H14N4S/c1-7-11-8(2)13-10(12-7)14(3)9-4-5-15-6-9/h4-7H,1-3H3,(H,11,12,13). The zero-order valence-electron chi connectivity index (χ0n) is 9.06. The molecule has 1 N–H and O–H groups in total. The number of nitrogens with one attached hydrogen (secondary N) is 1. The van der Waals surface area contributed by atoms with Crippen molar-refractivity contribution < 1.29 is 0 Å². The third kappa shape index (κ3) is 2.18. The minimum Gasteiger partial charge on any atom is -0.315 e. The smallest absolute Gasteiger partial charge is 0.205 e. The van der Waals surface area contributed by atoms with E-state index in [-0.39, 0.29) is 6.17 Å². The molecule has 0 amide bonds. The van der Waals surface area contributed by atoms with E-state index in [0.29, 0.717) is 0 Å². The normalized spacial score (nSPS) is 20.3. The van der Waals surface area contributed by atoms with Gasteiger partial charge in [-0.2, -0.15) is 11.3 Å². The van der Waals surface area contributed by atoms with E-state index in [1.807, 2.05) is 25.8 Å². The molecule has 2 rings (SSSR count). The van der Waals surface area contributed by atoms with Crippen LogP contribution in [0.4, 0.5) is 5.69 Å². The highest BCUT2D eigenvalue weighted by atomic mass is 32.1. The number of amidine groups is 1. The molecule has 1 aliphatic heterocycles. The third-order valence-electron chi connectivity index (χ3n) is 2.19. The van der Waals surface area contributed by atoms with Crippen LogP contribution in [-0.2, 0) is 0 Å². The molecule has 0 aromatic carbocycles. The molecule has 0 radical (unpaired) electrons. The first-order valence-electron chi connectivity index (χ1n) is 4.82. The highest BCUT2D eigenvalue weighted by molar-refractivity contribution is 7.08.